The van der Waals surface area contributed by atoms with Crippen molar-refractivity contribution in [3.63, 3.8) is 0 Å². The van der Waals surface area contributed by atoms with Gasteiger partial charge in [-0.15, -0.1) is 0 Å². The van der Waals surface area contributed by atoms with Gasteiger partial charge in [-0.3, -0.25) is 4.79 Å². The maximum Gasteiger partial charge on any atom is 0.272 e. The minimum Gasteiger partial charge on any atom is -0.274 e. The highest BCUT2D eigenvalue weighted by Gasteiger charge is 2.11. The van der Waals surface area contributed by atoms with Crippen LogP contribution < -0.4 is 0 Å². The summed E-state index contributed by atoms with van der Waals surface area (Å²) in [6.07, 6.45) is 0. The Labute approximate surface area is 84.3 Å². The quantitative estimate of drug-likeness (QED) is 0.679. The average molecular weight is 212 g/mol. The minimum absolute atomic E-state index is 0.363. The van der Waals surface area contributed by atoms with Crippen molar-refractivity contribution in [2.45, 2.75) is 6.92 Å². The number of carbonyl (C=O) groups excluding carboxylic acids is 1. The van der Waals surface area contributed by atoms with Crippen LogP contribution in [0.1, 0.15) is 16.1 Å². The highest BCUT2D eigenvalue weighted by Crippen LogP contribution is 2.24. The molecule has 0 saturated carbocycles. The molecule has 0 atom stereocenters. The number of fused-ring (bicyclic) bond motifs is 1. The number of hydrogen-bond donors (Lipinski definition) is 0. The third kappa shape index (κ3) is 1.45. The fourth-order valence-corrected chi connectivity index (χ4v) is 2.25. The van der Waals surface area contributed by atoms with Gasteiger partial charge in [0.25, 0.3) is 5.24 Å². The Balaban J connectivity index is 2.76. The van der Waals surface area contributed by atoms with Crippen molar-refractivity contribution >= 4 is 38.5 Å². The molecule has 1 heterocycles. The molecule has 0 saturated heterocycles. The van der Waals surface area contributed by atoms with Gasteiger partial charge in [-0.2, -0.15) is 4.37 Å². The first-order valence-electron chi connectivity index (χ1n) is 3.74. The van der Waals surface area contributed by atoms with Crippen molar-refractivity contribution in [1.82, 2.24) is 4.37 Å². The summed E-state index contributed by atoms with van der Waals surface area (Å²) >= 11 is 6.67. The molecule has 2 rings (SSSR count). The van der Waals surface area contributed by atoms with Gasteiger partial charge in [0.05, 0.1) is 4.70 Å². The number of benzene rings is 1. The number of hydrogen-bond acceptors (Lipinski definition) is 3. The van der Waals surface area contributed by atoms with Gasteiger partial charge in [0.15, 0.2) is 0 Å². The van der Waals surface area contributed by atoms with Gasteiger partial charge in [-0.05, 0) is 41.7 Å². The molecule has 4 heteroatoms. The molecule has 13 heavy (non-hydrogen) atoms. The monoisotopic (exact) mass is 211 g/mol. The molecule has 0 radical (unpaired) electrons. The van der Waals surface area contributed by atoms with Crippen molar-refractivity contribution < 1.29 is 4.79 Å². The molecule has 2 aromatic rings. The van der Waals surface area contributed by atoms with Crippen LogP contribution in [0.5, 0.6) is 0 Å². The number of nitrogens with zero attached hydrogens (tertiary/aromatic N) is 1. The summed E-state index contributed by atoms with van der Waals surface area (Å²) in [6, 6.07) is 5.82. The van der Waals surface area contributed by atoms with E-state index in [4.69, 9.17) is 11.6 Å². The second-order valence-corrected chi connectivity index (χ2v) is 3.95. The van der Waals surface area contributed by atoms with E-state index >= 15 is 0 Å². The van der Waals surface area contributed by atoms with Crippen LogP contribution in [0.15, 0.2) is 18.2 Å². The number of rotatable bonds is 1. The second-order valence-electron chi connectivity index (χ2n) is 2.80. The van der Waals surface area contributed by atoms with E-state index in [9.17, 15) is 4.79 Å². The molecule has 0 spiro atoms. The maximum atomic E-state index is 10.9. The molecular weight excluding hydrogens is 206 g/mol. The molecular formula is C9H6ClNOS. The standard InChI is InChI=1S/C9H6ClNOS/c1-5-2-3-6-7(4-5)13-11-8(6)9(10)12/h2-4H,1H3. The topological polar surface area (TPSA) is 30.0 Å². The third-order valence-electron chi connectivity index (χ3n) is 1.81. The van der Waals surface area contributed by atoms with E-state index in [1.165, 1.54) is 11.5 Å². The van der Waals surface area contributed by atoms with Crippen LogP contribution in [0.4, 0.5) is 0 Å². The van der Waals surface area contributed by atoms with Crippen molar-refractivity contribution in [1.29, 1.82) is 0 Å². The van der Waals surface area contributed by atoms with Crippen LogP contribution in [-0.2, 0) is 0 Å². The van der Waals surface area contributed by atoms with Crippen LogP contribution >= 0.6 is 23.1 Å². The summed E-state index contributed by atoms with van der Waals surface area (Å²) in [4.78, 5) is 10.9. The highest BCUT2D eigenvalue weighted by atomic mass is 35.5. The van der Waals surface area contributed by atoms with Gasteiger partial charge in [-0.25, -0.2) is 0 Å². The van der Waals surface area contributed by atoms with Gasteiger partial charge in [-0.1, -0.05) is 12.1 Å². The maximum absolute atomic E-state index is 10.9. The molecule has 0 unspecified atom stereocenters. The molecule has 1 aromatic heterocycles. The Hall–Kier alpha value is -0.930. The lowest BCUT2D eigenvalue weighted by Crippen LogP contribution is -1.87. The Morgan fingerprint density at radius 1 is 1.54 bits per heavy atom. The van der Waals surface area contributed by atoms with Gasteiger partial charge < -0.3 is 0 Å². The molecule has 0 fully saturated rings. The summed E-state index contributed by atoms with van der Waals surface area (Å²) in [5.41, 5.74) is 1.52. The van der Waals surface area contributed by atoms with E-state index in [0.717, 1.165) is 15.6 Å². The van der Waals surface area contributed by atoms with E-state index in [1.807, 2.05) is 25.1 Å². The van der Waals surface area contributed by atoms with Crippen LogP contribution in [0.25, 0.3) is 10.1 Å². The first kappa shape index (κ1) is 8.66. The molecule has 0 N–H and O–H groups in total. The van der Waals surface area contributed by atoms with E-state index < -0.39 is 5.24 Å². The lowest BCUT2D eigenvalue weighted by Gasteiger charge is -1.91. The van der Waals surface area contributed by atoms with Gasteiger partial charge in [0.2, 0.25) is 0 Å². The first-order valence-corrected chi connectivity index (χ1v) is 4.89. The summed E-state index contributed by atoms with van der Waals surface area (Å²) in [7, 11) is 0. The number of carbonyl (C=O) groups is 1. The molecule has 0 bridgehead atoms. The molecule has 0 aliphatic carbocycles. The van der Waals surface area contributed by atoms with Crippen LogP contribution in [0.3, 0.4) is 0 Å². The first-order chi connectivity index (χ1) is 6.18. The molecule has 0 aliphatic rings. The highest BCUT2D eigenvalue weighted by molar-refractivity contribution is 7.13. The third-order valence-corrected chi connectivity index (χ3v) is 2.80. The van der Waals surface area contributed by atoms with Gasteiger partial charge in [0.1, 0.15) is 5.69 Å². The minimum atomic E-state index is -0.491. The zero-order chi connectivity index (χ0) is 9.42. The number of aromatic nitrogens is 1. The predicted octanol–water partition coefficient (Wildman–Crippen LogP) is 2.98. The van der Waals surface area contributed by atoms with Crippen molar-refractivity contribution in [3.05, 3.63) is 29.5 Å². The average Bonchev–Trinajstić information content (AvgIpc) is 2.46. The van der Waals surface area contributed by atoms with Crippen LogP contribution in [0.2, 0.25) is 0 Å². The molecule has 0 aliphatic heterocycles. The molecule has 66 valence electrons. The number of halogens is 1. The zero-order valence-electron chi connectivity index (χ0n) is 6.87. The Morgan fingerprint density at radius 3 is 3.00 bits per heavy atom. The summed E-state index contributed by atoms with van der Waals surface area (Å²) in [5, 5.41) is 0.353. The fraction of sp³-hybridized carbons (Fsp3) is 0.111. The van der Waals surface area contributed by atoms with Crippen molar-refractivity contribution in [2.75, 3.05) is 0 Å². The van der Waals surface area contributed by atoms with E-state index in [0.29, 0.717) is 5.69 Å². The Kier molecular flexibility index (Phi) is 2.06. The molecule has 2 nitrogen and oxygen atoms in total. The predicted molar refractivity (Wildman–Crippen MR) is 54.5 cm³/mol. The Morgan fingerprint density at radius 2 is 2.31 bits per heavy atom. The van der Waals surface area contributed by atoms with Crippen LogP contribution in [-0.4, -0.2) is 9.62 Å². The normalized spacial score (nSPS) is 10.6. The largest absolute Gasteiger partial charge is 0.274 e. The number of aryl methyl sites for hydroxylation is 1. The SMILES string of the molecule is Cc1ccc2c(C(=O)Cl)nsc2c1. The smallest absolute Gasteiger partial charge is 0.272 e. The fourth-order valence-electron chi connectivity index (χ4n) is 1.19. The van der Waals surface area contributed by atoms with E-state index in [2.05, 4.69) is 4.37 Å². The van der Waals surface area contributed by atoms with E-state index in [1.54, 1.807) is 0 Å². The van der Waals surface area contributed by atoms with E-state index in [-0.39, 0.29) is 0 Å². The second kappa shape index (κ2) is 3.09. The summed E-state index contributed by atoms with van der Waals surface area (Å²) in [5.74, 6) is 0. The molecule has 1 aromatic carbocycles. The van der Waals surface area contributed by atoms with Crippen LogP contribution in [0, 0.1) is 6.92 Å². The lowest BCUT2D eigenvalue weighted by molar-refractivity contribution is 0.107. The Bertz CT molecular complexity index is 477. The lowest BCUT2D eigenvalue weighted by atomic mass is 10.2. The van der Waals surface area contributed by atoms with Crippen molar-refractivity contribution in [3.8, 4) is 0 Å². The summed E-state index contributed by atoms with van der Waals surface area (Å²) in [6.45, 7) is 2.00. The van der Waals surface area contributed by atoms with Gasteiger partial charge >= 0.3 is 0 Å². The van der Waals surface area contributed by atoms with Gasteiger partial charge in [0, 0.05) is 5.39 Å². The summed E-state index contributed by atoms with van der Waals surface area (Å²) < 4.78 is 5.00. The van der Waals surface area contributed by atoms with Crippen molar-refractivity contribution in [2.24, 2.45) is 0 Å². The molecule has 0 amide bonds. The zero-order valence-corrected chi connectivity index (χ0v) is 8.45.